The zero-order valence-electron chi connectivity index (χ0n) is 71.8. The van der Waals surface area contributed by atoms with Gasteiger partial charge in [-0.2, -0.15) is 0 Å². The van der Waals surface area contributed by atoms with Crippen molar-refractivity contribution in [1.82, 2.24) is 0 Å². The number of hydrogen-bond donors (Lipinski definition) is 0. The molecule has 11 heteroatoms. The third kappa shape index (κ3) is 13.3. The number of fused-ring (bicyclic) bond motifs is 23. The van der Waals surface area contributed by atoms with Gasteiger partial charge in [-0.15, -0.1) is 0 Å². The summed E-state index contributed by atoms with van der Waals surface area (Å²) in [4.78, 5) is 4.54. The minimum atomic E-state index is 0.648. The number of hydrogen-bond acceptors (Lipinski definition) is 9. The number of rotatable bonds is 12. The van der Waals surface area contributed by atoms with Crippen LogP contribution in [-0.4, -0.2) is 0 Å². The fourth-order valence-electron chi connectivity index (χ4n) is 20.2. The lowest BCUT2D eigenvalue weighted by atomic mass is 9.89. The van der Waals surface area contributed by atoms with E-state index in [1.807, 2.05) is 103 Å². The summed E-state index contributed by atoms with van der Waals surface area (Å²) in [7, 11) is 0. The van der Waals surface area contributed by atoms with Crippen molar-refractivity contribution in [3.8, 4) is 44.5 Å². The topological polar surface area (TPSA) is 98.5 Å². The van der Waals surface area contributed by atoms with Crippen molar-refractivity contribution in [2.45, 2.75) is 6.42 Å². The lowest BCUT2D eigenvalue weighted by molar-refractivity contribution is 0.668. The van der Waals surface area contributed by atoms with Crippen LogP contribution in [0.15, 0.2) is 468 Å². The van der Waals surface area contributed by atoms with Gasteiger partial charge in [-0.3, -0.25) is 0 Å². The van der Waals surface area contributed by atoms with Gasteiger partial charge in [0.15, 0.2) is 0 Å². The van der Waals surface area contributed by atoms with Gasteiger partial charge in [0.25, 0.3) is 0 Å². The Labute approximate surface area is 776 Å². The lowest BCUT2D eigenvalue weighted by Gasteiger charge is -2.25. The summed E-state index contributed by atoms with van der Waals surface area (Å²) >= 11 is 12.7. The van der Waals surface area contributed by atoms with Crippen LogP contribution >= 0.6 is 23.2 Å². The van der Waals surface area contributed by atoms with Gasteiger partial charge >= 0.3 is 0 Å². The standard InChI is InChI=1S/C70H42N2O4.C34H18Cl2O2.C19H14O/c1-5-17-43(18-6-1)67-57-41-60-56-36-32-50(72(46-23-11-4-12-24-46)48-30-34-54-52-26-14-16-28-62(52)74-64(54)38-48)40-66(56)76-70(60)68(44-19-7-2-8-20-44)58(57)42-59-55-35-31-49(39-65(55)75-69(59)67)71(45-21-9-3-10-22-45)47-29-33-53-51-25-13-15-27-61(51)73-63(53)37-47;35-21-11-13-23-27-18-26-25(31(19-7-3-1-4-8-19)33(27)37-29(23)15-21)17-28-24-14-12-22(36)16-30(24)38-34(28)32(26)20-9-5-2-6-10-20;1-2-6-14(7-3-1)12-15-10-11-17-16-8-4-5-9-18(16)20-19(17)13-15/h1-42H;1-18H;1-11,13H,12H2. The Balaban J connectivity index is 0.000000132. The molecular formula is C123H74Cl2N2O7. The van der Waals surface area contributed by atoms with Crippen LogP contribution in [0.2, 0.25) is 10.0 Å². The quantitative estimate of drug-likeness (QED) is 0.118. The second-order valence-corrected chi connectivity index (χ2v) is 35.1. The molecule has 0 N–H and O–H groups in total. The number of benzene rings is 21. The third-order valence-electron chi connectivity index (χ3n) is 26.3. The van der Waals surface area contributed by atoms with E-state index >= 15 is 0 Å². The van der Waals surface area contributed by atoms with Gasteiger partial charge in [0, 0.05) is 178 Å². The summed E-state index contributed by atoms with van der Waals surface area (Å²) in [5.41, 5.74) is 28.8. The van der Waals surface area contributed by atoms with Gasteiger partial charge in [-0.1, -0.05) is 278 Å². The molecule has 0 aliphatic carbocycles. The zero-order chi connectivity index (χ0) is 88.6. The monoisotopic (exact) mass is 1760 g/mol. The lowest BCUT2D eigenvalue weighted by Crippen LogP contribution is -2.09. The van der Waals surface area contributed by atoms with E-state index in [2.05, 4.69) is 343 Å². The summed E-state index contributed by atoms with van der Waals surface area (Å²) in [6, 6.07) is 152. The molecule has 134 heavy (non-hydrogen) atoms. The van der Waals surface area contributed by atoms with Gasteiger partial charge in [-0.05, 0) is 207 Å². The van der Waals surface area contributed by atoms with Crippen molar-refractivity contribution in [3.05, 3.63) is 458 Å². The van der Waals surface area contributed by atoms with E-state index in [0.29, 0.717) is 10.0 Å². The van der Waals surface area contributed by atoms with Crippen molar-refractivity contribution in [3.63, 3.8) is 0 Å². The van der Waals surface area contributed by atoms with Crippen LogP contribution in [-0.2, 0) is 6.42 Å². The molecule has 28 rings (SSSR count). The molecule has 0 unspecified atom stereocenters. The van der Waals surface area contributed by atoms with Crippen molar-refractivity contribution >= 4 is 232 Å². The predicted octanol–water partition coefficient (Wildman–Crippen LogP) is 37.2. The highest BCUT2D eigenvalue weighted by Crippen LogP contribution is 2.54. The molecule has 0 spiro atoms. The van der Waals surface area contributed by atoms with Crippen molar-refractivity contribution in [1.29, 1.82) is 0 Å². The van der Waals surface area contributed by atoms with Crippen LogP contribution in [0.5, 0.6) is 0 Å². The van der Waals surface area contributed by atoms with Gasteiger partial charge in [0.2, 0.25) is 0 Å². The Morgan fingerprint density at radius 1 is 0.157 bits per heavy atom. The Hall–Kier alpha value is -17.1. The molecule has 0 aliphatic heterocycles. The van der Waals surface area contributed by atoms with Gasteiger partial charge in [-0.25, -0.2) is 0 Å². The summed E-state index contributed by atoms with van der Waals surface area (Å²) in [5, 5.41) is 20.6. The molecule has 7 aromatic heterocycles. The number of anilines is 6. The highest BCUT2D eigenvalue weighted by Gasteiger charge is 2.29. The molecule has 0 saturated carbocycles. The van der Waals surface area contributed by atoms with E-state index in [4.69, 9.17) is 54.1 Å². The summed E-state index contributed by atoms with van der Waals surface area (Å²) in [6.45, 7) is 0. The summed E-state index contributed by atoms with van der Waals surface area (Å²) in [6.07, 6.45) is 0.938. The maximum atomic E-state index is 7.23. The zero-order valence-corrected chi connectivity index (χ0v) is 73.3. The number of nitrogens with zero attached hydrogens (tertiary/aromatic N) is 2. The summed E-state index contributed by atoms with van der Waals surface area (Å²) < 4.78 is 46.3. The van der Waals surface area contributed by atoms with Gasteiger partial charge in [0.05, 0.1) is 0 Å². The Kier molecular flexibility index (Phi) is 18.6. The molecule has 0 bridgehead atoms. The van der Waals surface area contributed by atoms with E-state index < -0.39 is 0 Å². The van der Waals surface area contributed by atoms with Crippen LogP contribution in [0.1, 0.15) is 11.1 Å². The molecule has 0 amide bonds. The van der Waals surface area contributed by atoms with E-state index in [1.54, 1.807) is 0 Å². The van der Waals surface area contributed by atoms with Crippen LogP contribution < -0.4 is 9.80 Å². The first-order valence-corrected chi connectivity index (χ1v) is 45.6. The molecular weight excluding hydrogens is 1690 g/mol. The highest BCUT2D eigenvalue weighted by atomic mass is 35.5. The normalized spacial score (nSPS) is 11.8. The third-order valence-corrected chi connectivity index (χ3v) is 26.7. The largest absolute Gasteiger partial charge is 0.456 e. The van der Waals surface area contributed by atoms with Crippen molar-refractivity contribution in [2.24, 2.45) is 0 Å². The molecule has 0 aliphatic rings. The maximum Gasteiger partial charge on any atom is 0.143 e. The van der Waals surface area contributed by atoms with Crippen LogP contribution in [0.3, 0.4) is 0 Å². The second-order valence-electron chi connectivity index (χ2n) is 34.2. The van der Waals surface area contributed by atoms with E-state index in [0.717, 1.165) is 249 Å². The first-order chi connectivity index (χ1) is 66.2. The highest BCUT2D eigenvalue weighted by molar-refractivity contribution is 6.34. The fourth-order valence-corrected chi connectivity index (χ4v) is 20.5. The second kappa shape index (κ2) is 31.9. The molecule has 632 valence electrons. The van der Waals surface area contributed by atoms with E-state index in [-0.39, 0.29) is 0 Å². The minimum Gasteiger partial charge on any atom is -0.456 e. The van der Waals surface area contributed by atoms with Crippen LogP contribution in [0.25, 0.3) is 220 Å². The van der Waals surface area contributed by atoms with Crippen LogP contribution in [0.4, 0.5) is 34.1 Å². The Morgan fingerprint density at radius 3 is 0.716 bits per heavy atom. The number of para-hydroxylation sites is 5. The number of furan rings is 7. The molecule has 0 fully saturated rings. The molecule has 0 atom stereocenters. The Bertz CT molecular complexity index is 9040. The SMILES string of the molecule is Clc1ccc2c(c1)oc1c(-c3ccccc3)c3cc4c(oc5cc(Cl)ccc54)c(-c4ccccc4)c3cc12.c1ccc(-c2c3cc4c(oc5cc(N(c6ccccc6)c6ccc7c(c6)oc6ccccc67)ccc54)c(-c4ccccc4)c3cc3c2oc2cc(N(c4ccccc4)c4ccc5c(c4)oc4ccccc45)ccc23)cc1.c1ccc(Cc2ccc3c(c2)oc2ccccc23)cc1. The average molecular weight is 1760 g/mol. The maximum absolute atomic E-state index is 7.23. The van der Waals surface area contributed by atoms with Crippen molar-refractivity contribution < 1.29 is 30.9 Å². The van der Waals surface area contributed by atoms with Gasteiger partial charge in [0.1, 0.15) is 78.2 Å². The van der Waals surface area contributed by atoms with Crippen LogP contribution in [0, 0.1) is 0 Å². The molecule has 0 radical (unpaired) electrons. The summed E-state index contributed by atoms with van der Waals surface area (Å²) in [5.74, 6) is 0. The van der Waals surface area contributed by atoms with E-state index in [9.17, 15) is 0 Å². The number of halogens is 2. The predicted molar refractivity (Wildman–Crippen MR) is 556 cm³/mol. The molecule has 0 saturated heterocycles. The average Bonchev–Trinajstić information content (AvgIpc) is 1.52. The van der Waals surface area contributed by atoms with E-state index in [1.165, 1.54) is 21.9 Å². The van der Waals surface area contributed by atoms with Gasteiger partial charge < -0.3 is 40.7 Å². The molecule has 28 aromatic rings. The molecule has 7 heterocycles. The Morgan fingerprint density at radius 2 is 0.396 bits per heavy atom. The fraction of sp³-hybridized carbons (Fsp3) is 0.00813. The minimum absolute atomic E-state index is 0.648. The smallest absolute Gasteiger partial charge is 0.143 e. The first-order valence-electron chi connectivity index (χ1n) is 44.9. The molecule has 9 nitrogen and oxygen atoms in total. The van der Waals surface area contributed by atoms with Crippen molar-refractivity contribution in [2.75, 3.05) is 9.80 Å². The molecule has 21 aromatic carbocycles. The first kappa shape index (κ1) is 78.0.